The van der Waals surface area contributed by atoms with Crippen LogP contribution >= 0.6 is 0 Å². The van der Waals surface area contributed by atoms with Gasteiger partial charge in [0.2, 0.25) is 5.91 Å². The number of likely N-dealkylation sites (N-methyl/N-ethyl adjacent to an activating group) is 1. The first kappa shape index (κ1) is 10.5. The van der Waals surface area contributed by atoms with Gasteiger partial charge in [-0.3, -0.25) is 9.69 Å². The van der Waals surface area contributed by atoms with Crippen LogP contribution < -0.4 is 5.73 Å². The lowest BCUT2D eigenvalue weighted by molar-refractivity contribution is -0.135. The first-order chi connectivity index (χ1) is 6.13. The molecule has 1 fully saturated rings. The molecule has 0 aliphatic carbocycles. The zero-order valence-corrected chi connectivity index (χ0v) is 8.49. The van der Waals surface area contributed by atoms with E-state index >= 15 is 0 Å². The van der Waals surface area contributed by atoms with E-state index in [9.17, 15) is 4.79 Å². The highest BCUT2D eigenvalue weighted by atomic mass is 16.2. The zero-order chi connectivity index (χ0) is 9.84. The van der Waals surface area contributed by atoms with Gasteiger partial charge in [0.15, 0.2) is 0 Å². The second-order valence-electron chi connectivity index (χ2n) is 3.69. The van der Waals surface area contributed by atoms with Gasteiger partial charge >= 0.3 is 0 Å². The van der Waals surface area contributed by atoms with Crippen LogP contribution in [-0.4, -0.2) is 54.5 Å². The zero-order valence-electron chi connectivity index (χ0n) is 8.49. The predicted molar refractivity (Wildman–Crippen MR) is 52.3 cm³/mol. The second-order valence-corrected chi connectivity index (χ2v) is 3.69. The molecule has 76 valence electrons. The number of amides is 1. The number of hydrogen-bond acceptors (Lipinski definition) is 3. The summed E-state index contributed by atoms with van der Waals surface area (Å²) in [4.78, 5) is 15.5. The SMILES string of the molecule is CCN1CCN(CC(C)N)CC1=O. The van der Waals surface area contributed by atoms with Gasteiger partial charge in [0.05, 0.1) is 6.54 Å². The van der Waals surface area contributed by atoms with Crippen LogP contribution in [0.4, 0.5) is 0 Å². The lowest BCUT2D eigenvalue weighted by Crippen LogP contribution is -2.52. The Morgan fingerprint density at radius 2 is 2.23 bits per heavy atom. The van der Waals surface area contributed by atoms with Crippen molar-refractivity contribution in [2.45, 2.75) is 19.9 Å². The van der Waals surface area contributed by atoms with Crippen LogP contribution in [0, 0.1) is 0 Å². The molecule has 4 heteroatoms. The van der Waals surface area contributed by atoms with Gasteiger partial charge < -0.3 is 10.6 Å². The Balaban J connectivity index is 2.37. The fourth-order valence-corrected chi connectivity index (χ4v) is 1.65. The number of nitrogens with two attached hydrogens (primary N) is 1. The van der Waals surface area contributed by atoms with E-state index in [-0.39, 0.29) is 11.9 Å². The summed E-state index contributed by atoms with van der Waals surface area (Å²) in [6.07, 6.45) is 0. The molecule has 0 saturated carbocycles. The normalized spacial score (nSPS) is 22.1. The average molecular weight is 185 g/mol. The van der Waals surface area contributed by atoms with Crippen LogP contribution in [0.1, 0.15) is 13.8 Å². The molecule has 1 atom stereocenters. The van der Waals surface area contributed by atoms with Gasteiger partial charge in [0, 0.05) is 32.2 Å². The number of piperazine rings is 1. The summed E-state index contributed by atoms with van der Waals surface area (Å²) in [6.45, 7) is 7.97. The quantitative estimate of drug-likeness (QED) is 0.645. The number of nitrogens with zero attached hydrogens (tertiary/aromatic N) is 2. The van der Waals surface area contributed by atoms with Crippen molar-refractivity contribution in [1.82, 2.24) is 9.80 Å². The molecule has 1 aliphatic rings. The summed E-state index contributed by atoms with van der Waals surface area (Å²) < 4.78 is 0. The van der Waals surface area contributed by atoms with Crippen LogP contribution in [0.25, 0.3) is 0 Å². The molecule has 0 aromatic heterocycles. The molecule has 0 radical (unpaired) electrons. The maximum atomic E-state index is 11.5. The number of carbonyl (C=O) groups is 1. The highest BCUT2D eigenvalue weighted by molar-refractivity contribution is 5.78. The van der Waals surface area contributed by atoms with E-state index < -0.39 is 0 Å². The van der Waals surface area contributed by atoms with Gasteiger partial charge in [0.1, 0.15) is 0 Å². The topological polar surface area (TPSA) is 49.6 Å². The highest BCUT2D eigenvalue weighted by Gasteiger charge is 2.22. The number of hydrogen-bond donors (Lipinski definition) is 1. The Labute approximate surface area is 79.7 Å². The molecule has 0 aromatic carbocycles. The van der Waals surface area contributed by atoms with Crippen molar-refractivity contribution in [3.63, 3.8) is 0 Å². The molecule has 1 heterocycles. The number of rotatable bonds is 3. The Morgan fingerprint density at radius 3 is 2.69 bits per heavy atom. The van der Waals surface area contributed by atoms with Crippen molar-refractivity contribution < 1.29 is 4.79 Å². The Kier molecular flexibility index (Phi) is 3.69. The first-order valence-corrected chi connectivity index (χ1v) is 4.89. The summed E-state index contributed by atoms with van der Waals surface area (Å²) in [6, 6.07) is 0.154. The smallest absolute Gasteiger partial charge is 0.236 e. The van der Waals surface area contributed by atoms with E-state index in [1.54, 1.807) is 0 Å². The lowest BCUT2D eigenvalue weighted by Gasteiger charge is -2.34. The van der Waals surface area contributed by atoms with Crippen LogP contribution in [0.5, 0.6) is 0 Å². The molecule has 0 spiro atoms. The molecular formula is C9H19N3O. The third-order valence-corrected chi connectivity index (χ3v) is 2.33. The van der Waals surface area contributed by atoms with Crippen LogP contribution in [0.2, 0.25) is 0 Å². The Hall–Kier alpha value is -0.610. The molecule has 0 bridgehead atoms. The van der Waals surface area contributed by atoms with E-state index in [1.165, 1.54) is 0 Å². The Morgan fingerprint density at radius 1 is 1.54 bits per heavy atom. The van der Waals surface area contributed by atoms with E-state index in [0.29, 0.717) is 6.54 Å². The minimum Gasteiger partial charge on any atom is -0.341 e. The largest absolute Gasteiger partial charge is 0.341 e. The van der Waals surface area contributed by atoms with Gasteiger partial charge in [-0.05, 0) is 13.8 Å². The third-order valence-electron chi connectivity index (χ3n) is 2.33. The molecule has 1 saturated heterocycles. The van der Waals surface area contributed by atoms with E-state index in [4.69, 9.17) is 5.73 Å². The summed E-state index contributed by atoms with van der Waals surface area (Å²) in [7, 11) is 0. The summed E-state index contributed by atoms with van der Waals surface area (Å²) in [5.74, 6) is 0.231. The lowest BCUT2D eigenvalue weighted by atomic mass is 10.2. The van der Waals surface area contributed by atoms with Crippen LogP contribution in [0.3, 0.4) is 0 Å². The van der Waals surface area contributed by atoms with E-state index in [1.807, 2.05) is 18.7 Å². The highest BCUT2D eigenvalue weighted by Crippen LogP contribution is 2.02. The predicted octanol–water partition coefficient (Wildman–Crippen LogP) is -0.502. The third kappa shape index (κ3) is 2.97. The maximum absolute atomic E-state index is 11.5. The minimum absolute atomic E-state index is 0.154. The monoisotopic (exact) mass is 185 g/mol. The molecule has 4 nitrogen and oxygen atoms in total. The summed E-state index contributed by atoms with van der Waals surface area (Å²) in [5.41, 5.74) is 5.67. The van der Waals surface area contributed by atoms with Crippen molar-refractivity contribution >= 4 is 5.91 Å². The van der Waals surface area contributed by atoms with E-state index in [2.05, 4.69) is 4.90 Å². The molecule has 2 N–H and O–H groups in total. The molecule has 1 rings (SSSR count). The molecule has 1 unspecified atom stereocenters. The van der Waals surface area contributed by atoms with Crippen molar-refractivity contribution in [2.75, 3.05) is 32.7 Å². The maximum Gasteiger partial charge on any atom is 0.236 e. The second kappa shape index (κ2) is 4.58. The summed E-state index contributed by atoms with van der Waals surface area (Å²) >= 11 is 0. The first-order valence-electron chi connectivity index (χ1n) is 4.89. The molecule has 13 heavy (non-hydrogen) atoms. The van der Waals surface area contributed by atoms with Crippen LogP contribution in [-0.2, 0) is 4.79 Å². The van der Waals surface area contributed by atoms with Crippen molar-refractivity contribution in [3.05, 3.63) is 0 Å². The molecule has 1 aliphatic heterocycles. The van der Waals surface area contributed by atoms with Crippen molar-refractivity contribution in [1.29, 1.82) is 0 Å². The van der Waals surface area contributed by atoms with E-state index in [0.717, 1.165) is 26.2 Å². The molecule has 0 aromatic rings. The fraction of sp³-hybridized carbons (Fsp3) is 0.889. The molecule has 1 amide bonds. The van der Waals surface area contributed by atoms with Gasteiger partial charge in [0.25, 0.3) is 0 Å². The average Bonchev–Trinajstić information content (AvgIpc) is 2.03. The van der Waals surface area contributed by atoms with Crippen LogP contribution in [0.15, 0.2) is 0 Å². The van der Waals surface area contributed by atoms with Crippen molar-refractivity contribution in [3.8, 4) is 0 Å². The van der Waals surface area contributed by atoms with Gasteiger partial charge in [-0.1, -0.05) is 0 Å². The molecular weight excluding hydrogens is 166 g/mol. The minimum atomic E-state index is 0.154. The summed E-state index contributed by atoms with van der Waals surface area (Å²) in [5, 5.41) is 0. The van der Waals surface area contributed by atoms with Gasteiger partial charge in [-0.25, -0.2) is 0 Å². The Bertz CT molecular complexity index is 182. The fourth-order valence-electron chi connectivity index (χ4n) is 1.65. The van der Waals surface area contributed by atoms with Gasteiger partial charge in [-0.2, -0.15) is 0 Å². The van der Waals surface area contributed by atoms with Gasteiger partial charge in [-0.15, -0.1) is 0 Å². The van der Waals surface area contributed by atoms with Crippen molar-refractivity contribution in [2.24, 2.45) is 5.73 Å². The standard InChI is InChI=1S/C9H19N3O/c1-3-12-5-4-11(6-8(2)10)7-9(12)13/h8H,3-7,10H2,1-2H3. The number of carbonyl (C=O) groups excluding carboxylic acids is 1.